The van der Waals surface area contributed by atoms with Crippen LogP contribution >= 0.6 is 24.2 Å². The number of rotatable bonds is 5. The van der Waals surface area contributed by atoms with Crippen LogP contribution in [-0.2, 0) is 9.53 Å². The molecule has 3 nitrogen and oxygen atoms in total. The Bertz CT molecular complexity index is 175. The summed E-state index contributed by atoms with van der Waals surface area (Å²) >= 11 is 1.67. The Kier molecular flexibility index (Phi) is 9.35. The number of hydrogen-bond acceptors (Lipinski definition) is 4. The lowest BCUT2D eigenvalue weighted by Gasteiger charge is -2.22. The summed E-state index contributed by atoms with van der Waals surface area (Å²) in [5, 5.41) is 3.49. The molecule has 0 saturated carbocycles. The minimum atomic E-state index is -0.119. The summed E-state index contributed by atoms with van der Waals surface area (Å²) < 4.78 is 4.57. The van der Waals surface area contributed by atoms with Gasteiger partial charge in [0.05, 0.1) is 12.9 Å². The van der Waals surface area contributed by atoms with E-state index in [1.807, 2.05) is 0 Å². The highest BCUT2D eigenvalue weighted by Crippen LogP contribution is 2.13. The van der Waals surface area contributed by atoms with E-state index in [0.29, 0.717) is 11.8 Å². The summed E-state index contributed by atoms with van der Waals surface area (Å²) in [4.78, 5) is 10.8. The maximum absolute atomic E-state index is 10.8. The van der Waals surface area contributed by atoms with Crippen molar-refractivity contribution in [1.29, 1.82) is 0 Å². The van der Waals surface area contributed by atoms with Gasteiger partial charge in [-0.3, -0.25) is 4.79 Å². The zero-order valence-electron chi connectivity index (χ0n) is 9.16. The number of halogens is 1. The van der Waals surface area contributed by atoms with Gasteiger partial charge in [0.25, 0.3) is 0 Å². The summed E-state index contributed by atoms with van der Waals surface area (Å²) in [6.07, 6.45) is 5.12. The third-order valence-corrected chi connectivity index (χ3v) is 3.43. The minimum Gasteiger partial charge on any atom is -0.468 e. The molecule has 0 aromatic carbocycles. The van der Waals surface area contributed by atoms with Gasteiger partial charge in [0, 0.05) is 6.04 Å². The molecule has 1 heterocycles. The Morgan fingerprint density at radius 1 is 1.53 bits per heavy atom. The molecule has 1 aliphatic heterocycles. The van der Waals surface area contributed by atoms with Crippen molar-refractivity contribution in [1.82, 2.24) is 5.32 Å². The monoisotopic (exact) mass is 253 g/mol. The van der Waals surface area contributed by atoms with E-state index in [4.69, 9.17) is 0 Å². The highest BCUT2D eigenvalue weighted by molar-refractivity contribution is 7.99. The van der Waals surface area contributed by atoms with Gasteiger partial charge in [-0.25, -0.2) is 0 Å². The number of ether oxygens (including phenoxy) is 1. The highest BCUT2D eigenvalue weighted by Gasteiger charge is 2.11. The molecule has 0 aliphatic carbocycles. The van der Waals surface area contributed by atoms with Crippen molar-refractivity contribution in [2.75, 3.05) is 25.2 Å². The average molecular weight is 254 g/mol. The van der Waals surface area contributed by atoms with E-state index >= 15 is 0 Å². The quantitative estimate of drug-likeness (QED) is 0.600. The first kappa shape index (κ1) is 15.1. The molecule has 1 N–H and O–H groups in total. The summed E-state index contributed by atoms with van der Waals surface area (Å²) in [7, 11) is 1.44. The molecule has 1 aliphatic rings. The van der Waals surface area contributed by atoms with Crippen molar-refractivity contribution >= 4 is 30.1 Å². The summed E-state index contributed by atoms with van der Waals surface area (Å²) in [6.45, 7) is 1.16. The van der Waals surface area contributed by atoms with Gasteiger partial charge in [0.1, 0.15) is 0 Å². The first-order chi connectivity index (χ1) is 6.83. The summed E-state index contributed by atoms with van der Waals surface area (Å²) in [6, 6.07) is 0.675. The van der Waals surface area contributed by atoms with Crippen molar-refractivity contribution in [3.05, 3.63) is 0 Å². The lowest BCUT2D eigenvalue weighted by atomic mass is 10.0. The predicted molar refractivity (Wildman–Crippen MR) is 66.8 cm³/mol. The maximum Gasteiger partial charge on any atom is 0.315 e. The SMILES string of the molecule is COC(=O)CSCCC1CCCCN1.Cl. The molecule has 90 valence electrons. The number of carbonyl (C=O) groups excluding carboxylic acids is 1. The molecule has 0 radical (unpaired) electrons. The molecule has 0 bridgehead atoms. The maximum atomic E-state index is 10.8. The minimum absolute atomic E-state index is 0. The van der Waals surface area contributed by atoms with Crippen molar-refractivity contribution in [3.8, 4) is 0 Å². The molecule has 0 spiro atoms. The molecule has 1 unspecified atom stereocenters. The zero-order valence-corrected chi connectivity index (χ0v) is 10.8. The topological polar surface area (TPSA) is 38.3 Å². The first-order valence-corrected chi connectivity index (χ1v) is 6.36. The van der Waals surface area contributed by atoms with Crippen molar-refractivity contribution < 1.29 is 9.53 Å². The van der Waals surface area contributed by atoms with Crippen LogP contribution in [0.4, 0.5) is 0 Å². The molecule has 0 aromatic heterocycles. The fraction of sp³-hybridized carbons (Fsp3) is 0.900. The number of thioether (sulfide) groups is 1. The van der Waals surface area contributed by atoms with Gasteiger partial charge < -0.3 is 10.1 Å². The van der Waals surface area contributed by atoms with E-state index in [1.165, 1.54) is 32.8 Å². The lowest BCUT2D eigenvalue weighted by Crippen LogP contribution is -2.34. The normalized spacial score (nSPS) is 20.5. The van der Waals surface area contributed by atoms with Crippen molar-refractivity contribution in [2.45, 2.75) is 31.7 Å². The van der Waals surface area contributed by atoms with Crippen LogP contribution in [0.2, 0.25) is 0 Å². The van der Waals surface area contributed by atoms with Gasteiger partial charge in [-0.1, -0.05) is 6.42 Å². The van der Waals surface area contributed by atoms with Crippen LogP contribution in [0.3, 0.4) is 0 Å². The molecule has 1 fully saturated rings. The number of carbonyl (C=O) groups is 1. The van der Waals surface area contributed by atoms with E-state index in [-0.39, 0.29) is 18.4 Å². The average Bonchev–Trinajstić information content (AvgIpc) is 2.25. The van der Waals surface area contributed by atoms with Crippen LogP contribution in [0.5, 0.6) is 0 Å². The van der Waals surface area contributed by atoms with Crippen LogP contribution in [0.1, 0.15) is 25.7 Å². The van der Waals surface area contributed by atoms with Crippen LogP contribution < -0.4 is 5.32 Å². The van der Waals surface area contributed by atoms with Crippen molar-refractivity contribution in [2.24, 2.45) is 0 Å². The smallest absolute Gasteiger partial charge is 0.315 e. The molecule has 1 rings (SSSR count). The molecule has 1 atom stereocenters. The van der Waals surface area contributed by atoms with Gasteiger partial charge in [0.15, 0.2) is 0 Å². The largest absolute Gasteiger partial charge is 0.468 e. The van der Waals surface area contributed by atoms with Gasteiger partial charge in [-0.2, -0.15) is 11.8 Å². The number of nitrogens with one attached hydrogen (secondary N) is 1. The Balaban J connectivity index is 0.00000196. The van der Waals surface area contributed by atoms with Crippen LogP contribution in [0, 0.1) is 0 Å². The van der Waals surface area contributed by atoms with E-state index < -0.39 is 0 Å². The van der Waals surface area contributed by atoms with E-state index in [9.17, 15) is 4.79 Å². The molecular formula is C10H20ClNO2S. The number of hydrogen-bond donors (Lipinski definition) is 1. The van der Waals surface area contributed by atoms with Gasteiger partial charge in [-0.05, 0) is 31.6 Å². The van der Waals surface area contributed by atoms with Gasteiger partial charge in [0.2, 0.25) is 0 Å². The Morgan fingerprint density at radius 2 is 2.33 bits per heavy atom. The summed E-state index contributed by atoms with van der Waals surface area (Å²) in [5.74, 6) is 1.42. The second kappa shape index (κ2) is 9.31. The lowest BCUT2D eigenvalue weighted by molar-refractivity contribution is -0.137. The van der Waals surface area contributed by atoms with E-state index in [1.54, 1.807) is 11.8 Å². The number of piperidine rings is 1. The molecule has 0 amide bonds. The Morgan fingerprint density at radius 3 is 2.93 bits per heavy atom. The number of esters is 1. The van der Waals surface area contributed by atoms with Crippen LogP contribution in [0.15, 0.2) is 0 Å². The highest BCUT2D eigenvalue weighted by atomic mass is 35.5. The predicted octanol–water partition coefficient (Wildman–Crippen LogP) is 1.85. The Labute approximate surface area is 102 Å². The molecule has 5 heteroatoms. The third kappa shape index (κ3) is 7.03. The standard InChI is InChI=1S/C10H19NO2S.ClH/c1-13-10(12)8-14-7-5-9-4-2-3-6-11-9;/h9,11H,2-8H2,1H3;1H. The van der Waals surface area contributed by atoms with E-state index in [0.717, 1.165) is 12.3 Å². The fourth-order valence-electron chi connectivity index (χ4n) is 1.61. The van der Waals surface area contributed by atoms with Crippen molar-refractivity contribution in [3.63, 3.8) is 0 Å². The third-order valence-electron chi connectivity index (χ3n) is 2.47. The molecule has 0 aromatic rings. The first-order valence-electron chi connectivity index (χ1n) is 5.21. The summed E-state index contributed by atoms with van der Waals surface area (Å²) in [5.41, 5.74) is 0. The fourth-order valence-corrected chi connectivity index (χ4v) is 2.49. The van der Waals surface area contributed by atoms with Gasteiger partial charge >= 0.3 is 5.97 Å². The molecule has 15 heavy (non-hydrogen) atoms. The molecular weight excluding hydrogens is 234 g/mol. The zero-order chi connectivity index (χ0) is 10.2. The van der Waals surface area contributed by atoms with E-state index in [2.05, 4.69) is 10.1 Å². The van der Waals surface area contributed by atoms with Crippen LogP contribution in [-0.4, -0.2) is 37.2 Å². The van der Waals surface area contributed by atoms with Gasteiger partial charge in [-0.15, -0.1) is 12.4 Å². The molecule has 1 saturated heterocycles. The number of methoxy groups -OCH3 is 1. The Hall–Kier alpha value is 0.0700. The second-order valence-electron chi connectivity index (χ2n) is 3.56. The van der Waals surface area contributed by atoms with Crippen LogP contribution in [0.25, 0.3) is 0 Å². The second-order valence-corrected chi connectivity index (χ2v) is 4.67.